The van der Waals surface area contributed by atoms with Crippen molar-refractivity contribution >= 4 is 46.9 Å². The first-order chi connectivity index (χ1) is 8.18. The van der Waals surface area contributed by atoms with Gasteiger partial charge in [0.2, 0.25) is 0 Å². The van der Waals surface area contributed by atoms with Crippen LogP contribution < -0.4 is 0 Å². The molecule has 0 aliphatic carbocycles. The molecule has 106 valence electrons. The fourth-order valence-electron chi connectivity index (χ4n) is 0.910. The summed E-state index contributed by atoms with van der Waals surface area (Å²) in [5, 5.41) is 32.7. The summed E-state index contributed by atoms with van der Waals surface area (Å²) in [6.45, 7) is 3.04. The van der Waals surface area contributed by atoms with E-state index in [1.54, 1.807) is 0 Å². The molecule has 0 bridgehead atoms. The maximum atomic E-state index is 9.99. The molecule has 0 amide bonds. The Kier molecular flexibility index (Phi) is 14.1. The van der Waals surface area contributed by atoms with Crippen molar-refractivity contribution in [2.45, 2.75) is 26.7 Å². The van der Waals surface area contributed by atoms with E-state index in [1.807, 2.05) is 0 Å². The summed E-state index contributed by atoms with van der Waals surface area (Å²) in [6.07, 6.45) is 0.259. The number of carbonyl (C=O) groups is 4. The second-order valence-electron chi connectivity index (χ2n) is 3.27. The Morgan fingerprint density at radius 2 is 0.842 bits per heavy atom. The average molecular weight is 289 g/mol. The highest BCUT2D eigenvalue weighted by Gasteiger charge is 2.23. The van der Waals surface area contributed by atoms with E-state index in [9.17, 15) is 19.2 Å². The van der Waals surface area contributed by atoms with Crippen LogP contribution in [0.25, 0.3) is 0 Å². The molecule has 0 saturated heterocycles. The summed E-state index contributed by atoms with van der Waals surface area (Å²) in [5.41, 5.74) is 0. The van der Waals surface area contributed by atoms with Gasteiger partial charge in [-0.25, -0.2) is 0 Å². The molecule has 4 N–H and O–H groups in total. The molecular weight excluding hydrogens is 272 g/mol. The van der Waals surface area contributed by atoms with Crippen molar-refractivity contribution in [2.24, 2.45) is 11.8 Å². The van der Waals surface area contributed by atoms with Gasteiger partial charge in [-0.2, -0.15) is 0 Å². The standard InChI is InChI=1S/2C5H8O4.Mg/c2*1-2-3(4(6)7)5(8)9;/h2*3H,2H2,1H3,(H,6,7)(H,8,9);. The zero-order chi connectivity index (χ0) is 14.9. The molecule has 0 atom stereocenters. The zero-order valence-electron chi connectivity index (χ0n) is 10.7. The summed E-state index contributed by atoms with van der Waals surface area (Å²) in [5.74, 6) is -7.58. The first-order valence-corrected chi connectivity index (χ1v) is 5.10. The SMILES string of the molecule is CCC(C(=O)O)C(=O)O.CCC(C(=O)O)C(=O)O.[Mg]. The van der Waals surface area contributed by atoms with Crippen LogP contribution in [0.1, 0.15) is 26.7 Å². The van der Waals surface area contributed by atoms with E-state index in [-0.39, 0.29) is 35.9 Å². The van der Waals surface area contributed by atoms with Crippen LogP contribution in [0.5, 0.6) is 0 Å². The molecule has 0 aromatic carbocycles. The van der Waals surface area contributed by atoms with Crippen LogP contribution in [0.4, 0.5) is 0 Å². The van der Waals surface area contributed by atoms with Crippen molar-refractivity contribution in [3.05, 3.63) is 0 Å². The quantitative estimate of drug-likeness (QED) is 0.393. The molecule has 0 unspecified atom stereocenters. The van der Waals surface area contributed by atoms with Crippen LogP contribution in [0, 0.1) is 11.8 Å². The molecule has 0 saturated carbocycles. The normalized spacial score (nSPS) is 9.05. The minimum absolute atomic E-state index is 0. The van der Waals surface area contributed by atoms with E-state index in [4.69, 9.17) is 20.4 Å². The van der Waals surface area contributed by atoms with E-state index in [0.29, 0.717) is 0 Å². The van der Waals surface area contributed by atoms with E-state index in [0.717, 1.165) is 0 Å². The third kappa shape index (κ3) is 10.3. The number of carboxylic acid groups (broad SMARTS) is 4. The highest BCUT2D eigenvalue weighted by molar-refractivity contribution is 5.93. The lowest BCUT2D eigenvalue weighted by molar-refractivity contribution is -0.156. The van der Waals surface area contributed by atoms with Crippen LogP contribution in [0.15, 0.2) is 0 Å². The fraction of sp³-hybridized carbons (Fsp3) is 0.600. The maximum Gasteiger partial charge on any atom is 0.317 e. The molecule has 2 radical (unpaired) electrons. The molecule has 9 heteroatoms. The molecule has 19 heavy (non-hydrogen) atoms. The van der Waals surface area contributed by atoms with Gasteiger partial charge in [0.05, 0.1) is 0 Å². The highest BCUT2D eigenvalue weighted by Crippen LogP contribution is 2.01. The molecule has 0 rings (SSSR count). The predicted molar refractivity (Wildman–Crippen MR) is 63.9 cm³/mol. The van der Waals surface area contributed by atoms with Crippen molar-refractivity contribution in [1.29, 1.82) is 0 Å². The Labute approximate surface area is 125 Å². The van der Waals surface area contributed by atoms with Crippen LogP contribution in [0.2, 0.25) is 0 Å². The van der Waals surface area contributed by atoms with E-state index < -0.39 is 35.7 Å². The predicted octanol–water partition coefficient (Wildman–Crippen LogP) is -0.0172. The van der Waals surface area contributed by atoms with Gasteiger partial charge in [-0.3, -0.25) is 19.2 Å². The van der Waals surface area contributed by atoms with E-state index in [1.165, 1.54) is 13.8 Å². The van der Waals surface area contributed by atoms with Crippen molar-refractivity contribution < 1.29 is 39.6 Å². The Bertz CT molecular complexity index is 267. The van der Waals surface area contributed by atoms with Gasteiger partial charge in [0.25, 0.3) is 0 Å². The second kappa shape index (κ2) is 11.7. The van der Waals surface area contributed by atoms with E-state index in [2.05, 4.69) is 0 Å². The van der Waals surface area contributed by atoms with Gasteiger partial charge < -0.3 is 20.4 Å². The number of hydrogen-bond acceptors (Lipinski definition) is 4. The highest BCUT2D eigenvalue weighted by atomic mass is 24.3. The second-order valence-corrected chi connectivity index (χ2v) is 3.27. The molecule has 0 aromatic rings. The summed E-state index contributed by atoms with van der Waals surface area (Å²) in [6, 6.07) is 0. The zero-order valence-corrected chi connectivity index (χ0v) is 12.1. The Balaban J connectivity index is -0.000000256. The molecule has 0 heterocycles. The summed E-state index contributed by atoms with van der Waals surface area (Å²) in [4.78, 5) is 40.0. The molecular formula is C10H16MgO8. The van der Waals surface area contributed by atoms with Gasteiger partial charge >= 0.3 is 23.9 Å². The Morgan fingerprint density at radius 1 is 0.684 bits per heavy atom. The fourth-order valence-corrected chi connectivity index (χ4v) is 0.910. The van der Waals surface area contributed by atoms with Gasteiger partial charge in [-0.1, -0.05) is 13.8 Å². The monoisotopic (exact) mass is 288 g/mol. The topological polar surface area (TPSA) is 149 Å². The Morgan fingerprint density at radius 3 is 0.842 bits per heavy atom. The number of hydrogen-bond donors (Lipinski definition) is 4. The first-order valence-electron chi connectivity index (χ1n) is 5.10. The van der Waals surface area contributed by atoms with Gasteiger partial charge in [0.15, 0.2) is 11.8 Å². The molecule has 0 spiro atoms. The van der Waals surface area contributed by atoms with Crippen molar-refractivity contribution in [1.82, 2.24) is 0 Å². The minimum Gasteiger partial charge on any atom is -0.481 e. The average Bonchev–Trinajstić information content (AvgIpc) is 2.17. The van der Waals surface area contributed by atoms with Gasteiger partial charge in [0, 0.05) is 23.1 Å². The third-order valence-corrected chi connectivity index (χ3v) is 2.01. The molecule has 8 nitrogen and oxygen atoms in total. The van der Waals surface area contributed by atoms with Crippen molar-refractivity contribution in [3.63, 3.8) is 0 Å². The minimum atomic E-state index is -1.27. The number of rotatable bonds is 6. The van der Waals surface area contributed by atoms with Gasteiger partial charge in [-0.05, 0) is 12.8 Å². The smallest absolute Gasteiger partial charge is 0.317 e. The Hall–Kier alpha value is -1.35. The lowest BCUT2D eigenvalue weighted by Gasteiger charge is -2.00. The summed E-state index contributed by atoms with van der Waals surface area (Å²) in [7, 11) is 0. The summed E-state index contributed by atoms with van der Waals surface area (Å²) < 4.78 is 0. The summed E-state index contributed by atoms with van der Waals surface area (Å²) >= 11 is 0. The number of aliphatic carboxylic acids is 4. The molecule has 0 aromatic heterocycles. The van der Waals surface area contributed by atoms with Gasteiger partial charge in [-0.15, -0.1) is 0 Å². The van der Waals surface area contributed by atoms with Crippen molar-refractivity contribution in [3.8, 4) is 0 Å². The third-order valence-electron chi connectivity index (χ3n) is 2.01. The largest absolute Gasteiger partial charge is 0.481 e. The number of carboxylic acids is 4. The van der Waals surface area contributed by atoms with Crippen LogP contribution in [-0.4, -0.2) is 67.4 Å². The lowest BCUT2D eigenvalue weighted by Crippen LogP contribution is -2.22. The lowest BCUT2D eigenvalue weighted by atomic mass is 10.1. The van der Waals surface area contributed by atoms with Crippen molar-refractivity contribution in [2.75, 3.05) is 0 Å². The first kappa shape index (κ1) is 22.8. The van der Waals surface area contributed by atoms with Crippen LogP contribution >= 0.6 is 0 Å². The van der Waals surface area contributed by atoms with Crippen LogP contribution in [-0.2, 0) is 19.2 Å². The molecule has 0 fully saturated rings. The maximum absolute atomic E-state index is 9.99. The van der Waals surface area contributed by atoms with Gasteiger partial charge in [0.1, 0.15) is 0 Å². The van der Waals surface area contributed by atoms with Crippen LogP contribution in [0.3, 0.4) is 0 Å². The molecule has 0 aliphatic heterocycles. The van der Waals surface area contributed by atoms with E-state index >= 15 is 0 Å². The molecule has 0 aliphatic rings.